The highest BCUT2D eigenvalue weighted by atomic mass is 16.4. The summed E-state index contributed by atoms with van der Waals surface area (Å²) in [6, 6.07) is 6.79. The third kappa shape index (κ3) is 3.72. The molecule has 20 heavy (non-hydrogen) atoms. The van der Waals surface area contributed by atoms with Crippen LogP contribution in [-0.4, -0.2) is 11.1 Å². The Hall–Kier alpha value is -1.57. The van der Waals surface area contributed by atoms with Crippen molar-refractivity contribution in [2.45, 2.75) is 52.4 Å². The lowest BCUT2D eigenvalue weighted by molar-refractivity contribution is -0.136. The van der Waals surface area contributed by atoms with Crippen molar-refractivity contribution in [2.24, 2.45) is 5.92 Å². The molecule has 0 saturated carbocycles. The average Bonchev–Trinajstić information content (AvgIpc) is 2.42. The van der Waals surface area contributed by atoms with E-state index in [1.165, 1.54) is 47.9 Å². The summed E-state index contributed by atoms with van der Waals surface area (Å²) in [5, 5.41) is 8.76. The Morgan fingerprint density at radius 3 is 2.60 bits per heavy atom. The average molecular weight is 272 g/mol. The monoisotopic (exact) mass is 272 g/mol. The van der Waals surface area contributed by atoms with E-state index in [0.717, 1.165) is 0 Å². The molecule has 0 aromatic heterocycles. The number of aliphatic carboxylic acids is 1. The van der Waals surface area contributed by atoms with Gasteiger partial charge in [0.25, 0.3) is 0 Å². The molecule has 0 heterocycles. The molecule has 0 radical (unpaired) electrons. The molecule has 1 N–H and O–H groups in total. The van der Waals surface area contributed by atoms with Gasteiger partial charge in [0, 0.05) is 6.42 Å². The number of carbonyl (C=O) groups is 1. The Bertz CT molecular complexity index is 512. The number of allylic oxidation sites excluding steroid dienone is 2. The zero-order valence-electron chi connectivity index (χ0n) is 12.5. The van der Waals surface area contributed by atoms with Gasteiger partial charge in [-0.2, -0.15) is 0 Å². The minimum Gasteiger partial charge on any atom is -0.481 e. The number of aryl methyl sites for hydroxylation is 2. The van der Waals surface area contributed by atoms with Crippen LogP contribution >= 0.6 is 0 Å². The van der Waals surface area contributed by atoms with Crippen molar-refractivity contribution in [1.82, 2.24) is 0 Å². The van der Waals surface area contributed by atoms with Gasteiger partial charge >= 0.3 is 5.97 Å². The Kier molecular flexibility index (Phi) is 4.99. The second-order valence-electron chi connectivity index (χ2n) is 5.94. The fraction of sp³-hybridized carbons (Fsp3) is 0.500. The lowest BCUT2D eigenvalue weighted by atomic mass is 9.86. The molecule has 1 aromatic carbocycles. The molecular weight excluding hydrogens is 248 g/mol. The predicted molar refractivity (Wildman–Crippen MR) is 82.8 cm³/mol. The molecule has 0 unspecified atom stereocenters. The van der Waals surface area contributed by atoms with Gasteiger partial charge in [-0.15, -0.1) is 0 Å². The molecule has 0 spiro atoms. The normalized spacial score (nSPS) is 15.2. The highest BCUT2D eigenvalue weighted by Gasteiger charge is 2.12. The van der Waals surface area contributed by atoms with Gasteiger partial charge in [-0.1, -0.05) is 38.1 Å². The van der Waals surface area contributed by atoms with Crippen LogP contribution in [-0.2, 0) is 17.6 Å². The zero-order valence-corrected chi connectivity index (χ0v) is 12.5. The van der Waals surface area contributed by atoms with E-state index in [9.17, 15) is 4.79 Å². The van der Waals surface area contributed by atoms with Crippen LogP contribution in [0.1, 0.15) is 56.2 Å². The summed E-state index contributed by atoms with van der Waals surface area (Å²) in [4.78, 5) is 10.6. The molecule has 2 heteroatoms. The van der Waals surface area contributed by atoms with E-state index < -0.39 is 5.97 Å². The summed E-state index contributed by atoms with van der Waals surface area (Å²) in [5.41, 5.74) is 5.53. The van der Waals surface area contributed by atoms with Crippen LogP contribution < -0.4 is 0 Å². The van der Waals surface area contributed by atoms with Gasteiger partial charge in [-0.05, 0) is 60.3 Å². The Morgan fingerprint density at radius 2 is 1.95 bits per heavy atom. The fourth-order valence-corrected chi connectivity index (χ4v) is 2.95. The molecule has 0 atom stereocenters. The highest BCUT2D eigenvalue weighted by Crippen LogP contribution is 2.29. The first-order valence-corrected chi connectivity index (χ1v) is 7.62. The summed E-state index contributed by atoms with van der Waals surface area (Å²) in [6.45, 7) is 4.35. The van der Waals surface area contributed by atoms with Gasteiger partial charge in [0.15, 0.2) is 0 Å². The van der Waals surface area contributed by atoms with Crippen LogP contribution in [0.4, 0.5) is 0 Å². The zero-order chi connectivity index (χ0) is 14.5. The number of fused-ring (bicyclic) bond motifs is 1. The van der Waals surface area contributed by atoms with Crippen molar-refractivity contribution < 1.29 is 9.90 Å². The van der Waals surface area contributed by atoms with Crippen molar-refractivity contribution >= 4 is 11.5 Å². The van der Waals surface area contributed by atoms with Gasteiger partial charge < -0.3 is 5.11 Å². The first kappa shape index (κ1) is 14.8. The minimum absolute atomic E-state index is 0.209. The molecule has 1 aromatic rings. The number of carboxylic acid groups (broad SMARTS) is 1. The van der Waals surface area contributed by atoms with E-state index in [1.54, 1.807) is 0 Å². The molecule has 0 saturated heterocycles. The van der Waals surface area contributed by atoms with Crippen LogP contribution in [0.5, 0.6) is 0 Å². The molecule has 0 aliphatic heterocycles. The molecule has 1 aliphatic carbocycles. The predicted octanol–water partition coefficient (Wildman–Crippen LogP) is 4.47. The lowest BCUT2D eigenvalue weighted by Crippen LogP contribution is -2.04. The summed E-state index contributed by atoms with van der Waals surface area (Å²) in [6.07, 6.45) is 7.90. The van der Waals surface area contributed by atoms with Gasteiger partial charge in [0.05, 0.1) is 0 Å². The SMILES string of the molecule is CC(C)/C(=C\CCC(=O)O)c1ccc2c(c1)CCCC2. The minimum atomic E-state index is -0.727. The van der Waals surface area contributed by atoms with Crippen molar-refractivity contribution in [1.29, 1.82) is 0 Å². The quantitative estimate of drug-likeness (QED) is 0.858. The molecule has 2 nitrogen and oxygen atoms in total. The number of hydrogen-bond donors (Lipinski definition) is 1. The Labute approximate surface area is 121 Å². The van der Waals surface area contributed by atoms with E-state index >= 15 is 0 Å². The van der Waals surface area contributed by atoms with E-state index in [1.807, 2.05) is 0 Å². The van der Waals surface area contributed by atoms with E-state index in [-0.39, 0.29) is 6.42 Å². The first-order chi connectivity index (χ1) is 9.58. The number of hydrogen-bond acceptors (Lipinski definition) is 1. The molecule has 2 rings (SSSR count). The number of carboxylic acids is 1. The Morgan fingerprint density at radius 1 is 1.25 bits per heavy atom. The first-order valence-electron chi connectivity index (χ1n) is 7.62. The molecule has 0 bridgehead atoms. The smallest absolute Gasteiger partial charge is 0.303 e. The number of rotatable bonds is 5. The molecule has 1 aliphatic rings. The summed E-state index contributed by atoms with van der Waals surface area (Å²) < 4.78 is 0. The van der Waals surface area contributed by atoms with Gasteiger partial charge in [-0.25, -0.2) is 0 Å². The van der Waals surface area contributed by atoms with Crippen molar-refractivity contribution in [3.63, 3.8) is 0 Å². The maximum Gasteiger partial charge on any atom is 0.303 e. The molecule has 108 valence electrons. The fourth-order valence-electron chi connectivity index (χ4n) is 2.95. The van der Waals surface area contributed by atoms with Gasteiger partial charge in [-0.3, -0.25) is 4.79 Å². The van der Waals surface area contributed by atoms with E-state index in [4.69, 9.17) is 5.11 Å². The van der Waals surface area contributed by atoms with Gasteiger partial charge in [0.2, 0.25) is 0 Å². The topological polar surface area (TPSA) is 37.3 Å². The largest absolute Gasteiger partial charge is 0.481 e. The van der Waals surface area contributed by atoms with Gasteiger partial charge in [0.1, 0.15) is 0 Å². The lowest BCUT2D eigenvalue weighted by Gasteiger charge is -2.19. The van der Waals surface area contributed by atoms with Crippen LogP contribution in [0.25, 0.3) is 5.57 Å². The molecule has 0 fully saturated rings. The Balaban J connectivity index is 2.23. The highest BCUT2D eigenvalue weighted by molar-refractivity contribution is 5.70. The van der Waals surface area contributed by atoms with Crippen molar-refractivity contribution in [2.75, 3.05) is 0 Å². The number of benzene rings is 1. The molecule has 0 amide bonds. The third-order valence-electron chi connectivity index (χ3n) is 4.03. The standard InChI is InChI=1S/C18H24O2/c1-13(2)17(8-5-9-18(19)20)16-11-10-14-6-3-4-7-15(14)12-16/h8,10-13H,3-7,9H2,1-2H3,(H,19,20)/b17-8+. The second-order valence-corrected chi connectivity index (χ2v) is 5.94. The van der Waals surface area contributed by atoms with Crippen LogP contribution in [0.2, 0.25) is 0 Å². The maximum absolute atomic E-state index is 10.6. The maximum atomic E-state index is 10.6. The summed E-state index contributed by atoms with van der Waals surface area (Å²) in [7, 11) is 0. The van der Waals surface area contributed by atoms with Crippen LogP contribution in [0.3, 0.4) is 0 Å². The summed E-state index contributed by atoms with van der Waals surface area (Å²) >= 11 is 0. The van der Waals surface area contributed by atoms with E-state index in [0.29, 0.717) is 12.3 Å². The molecular formula is C18H24O2. The van der Waals surface area contributed by atoms with Crippen LogP contribution in [0, 0.1) is 5.92 Å². The van der Waals surface area contributed by atoms with Crippen molar-refractivity contribution in [3.05, 3.63) is 41.0 Å². The summed E-state index contributed by atoms with van der Waals surface area (Å²) in [5.74, 6) is -0.305. The van der Waals surface area contributed by atoms with Crippen molar-refractivity contribution in [3.8, 4) is 0 Å². The second kappa shape index (κ2) is 6.74. The third-order valence-corrected chi connectivity index (χ3v) is 4.03. The van der Waals surface area contributed by atoms with E-state index in [2.05, 4.69) is 38.1 Å². The van der Waals surface area contributed by atoms with Crippen LogP contribution in [0.15, 0.2) is 24.3 Å².